The number of thiazole rings is 1. The first-order valence-corrected chi connectivity index (χ1v) is 14.3. The van der Waals surface area contributed by atoms with Gasteiger partial charge in [-0.15, -0.1) is 11.3 Å². The van der Waals surface area contributed by atoms with Crippen LogP contribution in [0.25, 0.3) is 15.9 Å². The first kappa shape index (κ1) is 26.3. The first-order chi connectivity index (χ1) is 18.4. The number of imidazole rings is 1. The van der Waals surface area contributed by atoms with Gasteiger partial charge in [0.05, 0.1) is 15.2 Å². The Labute approximate surface area is 227 Å². The van der Waals surface area contributed by atoms with Crippen molar-refractivity contribution < 1.29 is 9.59 Å². The molecule has 200 valence electrons. The third-order valence-electron chi connectivity index (χ3n) is 7.47. The molecule has 2 aliphatic rings. The number of nitrogens with zero attached hydrogens (tertiary/aromatic N) is 5. The van der Waals surface area contributed by atoms with Gasteiger partial charge in [-0.2, -0.15) is 0 Å². The summed E-state index contributed by atoms with van der Waals surface area (Å²) in [5.41, 5.74) is 3.52. The molecule has 38 heavy (non-hydrogen) atoms. The number of pyridine rings is 1. The van der Waals surface area contributed by atoms with Gasteiger partial charge in [0.15, 0.2) is 0 Å². The maximum Gasteiger partial charge on any atom is 0.313 e. The van der Waals surface area contributed by atoms with Crippen LogP contribution in [0.2, 0.25) is 0 Å². The summed E-state index contributed by atoms with van der Waals surface area (Å²) in [5, 5.41) is 4.01. The summed E-state index contributed by atoms with van der Waals surface area (Å²) in [5.74, 6) is 0.107. The van der Waals surface area contributed by atoms with Crippen LogP contribution in [0.5, 0.6) is 0 Å². The van der Waals surface area contributed by atoms with Crippen molar-refractivity contribution in [3.05, 3.63) is 59.5 Å². The number of rotatable bonds is 2. The van der Waals surface area contributed by atoms with E-state index in [1.807, 2.05) is 28.9 Å². The summed E-state index contributed by atoms with van der Waals surface area (Å²) in [6.07, 6.45) is 8.19. The van der Waals surface area contributed by atoms with E-state index in [4.69, 9.17) is 4.98 Å². The zero-order chi connectivity index (χ0) is 26.6. The number of fused-ring (bicyclic) bond motifs is 2. The molecule has 2 fully saturated rings. The predicted molar refractivity (Wildman–Crippen MR) is 153 cm³/mol. The smallest absolute Gasteiger partial charge is 0.313 e. The van der Waals surface area contributed by atoms with E-state index in [1.54, 1.807) is 23.2 Å². The van der Waals surface area contributed by atoms with Crippen LogP contribution in [0.3, 0.4) is 0 Å². The van der Waals surface area contributed by atoms with Crippen LogP contribution in [0.1, 0.15) is 49.2 Å². The van der Waals surface area contributed by atoms with Gasteiger partial charge in [0, 0.05) is 48.8 Å². The lowest BCUT2D eigenvalue weighted by Crippen LogP contribution is -2.44. The van der Waals surface area contributed by atoms with Crippen LogP contribution in [0, 0.1) is 12.8 Å². The zero-order valence-corrected chi connectivity index (χ0v) is 23.2. The van der Waals surface area contributed by atoms with E-state index in [1.165, 1.54) is 41.2 Å². The van der Waals surface area contributed by atoms with E-state index in [0.717, 1.165) is 24.2 Å². The van der Waals surface area contributed by atoms with Crippen molar-refractivity contribution in [3.8, 4) is 0 Å². The van der Waals surface area contributed by atoms with E-state index in [2.05, 4.69) is 53.4 Å². The van der Waals surface area contributed by atoms with Crippen molar-refractivity contribution in [3.63, 3.8) is 0 Å². The zero-order valence-electron chi connectivity index (χ0n) is 22.4. The molecule has 1 unspecified atom stereocenters. The summed E-state index contributed by atoms with van der Waals surface area (Å²) < 4.78 is 3.25. The monoisotopic (exact) mass is 532 g/mol. The SMILES string of the molecule is CN1CCC(c2nc3ccccc3s2)CC1.Cc1cnc2cc(NC(=O)C(=O)N3CCCC(C)C3)ccn12. The van der Waals surface area contributed by atoms with Crippen LogP contribution in [0.15, 0.2) is 48.8 Å². The number of aryl methyl sites for hydroxylation is 1. The molecular formula is C29H36N6O2S. The highest BCUT2D eigenvalue weighted by atomic mass is 32.1. The summed E-state index contributed by atoms with van der Waals surface area (Å²) in [6, 6.07) is 12.0. The van der Waals surface area contributed by atoms with Gasteiger partial charge in [-0.25, -0.2) is 9.97 Å². The van der Waals surface area contributed by atoms with Crippen LogP contribution in [-0.2, 0) is 9.59 Å². The second-order valence-electron chi connectivity index (χ2n) is 10.6. The van der Waals surface area contributed by atoms with Crippen molar-refractivity contribution in [2.75, 3.05) is 38.5 Å². The van der Waals surface area contributed by atoms with Gasteiger partial charge in [0.2, 0.25) is 0 Å². The third-order valence-corrected chi connectivity index (χ3v) is 8.67. The highest BCUT2D eigenvalue weighted by molar-refractivity contribution is 7.18. The molecule has 2 saturated heterocycles. The number of benzene rings is 1. The lowest BCUT2D eigenvalue weighted by Gasteiger charge is -2.30. The molecule has 9 heteroatoms. The van der Waals surface area contributed by atoms with Gasteiger partial charge < -0.3 is 19.5 Å². The van der Waals surface area contributed by atoms with Crippen LogP contribution < -0.4 is 5.32 Å². The molecule has 0 radical (unpaired) electrons. The van der Waals surface area contributed by atoms with E-state index in [0.29, 0.717) is 30.6 Å². The molecule has 2 amide bonds. The van der Waals surface area contributed by atoms with Gasteiger partial charge in [-0.3, -0.25) is 9.59 Å². The van der Waals surface area contributed by atoms with Gasteiger partial charge in [-0.1, -0.05) is 19.1 Å². The van der Waals surface area contributed by atoms with Gasteiger partial charge in [0.25, 0.3) is 0 Å². The molecule has 1 atom stereocenters. The summed E-state index contributed by atoms with van der Waals surface area (Å²) in [7, 11) is 2.20. The lowest BCUT2D eigenvalue weighted by molar-refractivity contribution is -0.144. The molecule has 5 heterocycles. The largest absolute Gasteiger partial charge is 0.334 e. The van der Waals surface area contributed by atoms with Crippen molar-refractivity contribution in [2.24, 2.45) is 5.92 Å². The minimum Gasteiger partial charge on any atom is -0.334 e. The minimum absolute atomic E-state index is 0.453. The molecule has 0 saturated carbocycles. The Bertz CT molecular complexity index is 1390. The maximum atomic E-state index is 12.2. The van der Waals surface area contributed by atoms with Gasteiger partial charge in [-0.05, 0) is 76.9 Å². The minimum atomic E-state index is -0.582. The molecule has 8 nitrogen and oxygen atoms in total. The van der Waals surface area contributed by atoms with E-state index >= 15 is 0 Å². The average molecular weight is 533 g/mol. The summed E-state index contributed by atoms with van der Waals surface area (Å²) in [6.45, 7) is 7.80. The highest BCUT2D eigenvalue weighted by Crippen LogP contribution is 2.33. The number of aromatic nitrogens is 3. The number of piperidine rings is 2. The molecule has 0 aliphatic carbocycles. The van der Waals surface area contributed by atoms with Crippen LogP contribution in [-0.4, -0.2) is 69.2 Å². The average Bonchev–Trinajstić information content (AvgIpc) is 3.52. The quantitative estimate of drug-likeness (QED) is 0.370. The number of hydrogen-bond donors (Lipinski definition) is 1. The molecule has 2 aliphatic heterocycles. The normalized spacial score (nSPS) is 18.8. The lowest BCUT2D eigenvalue weighted by atomic mass is 9.98. The van der Waals surface area contributed by atoms with Gasteiger partial charge in [0.1, 0.15) is 5.65 Å². The number of carbonyl (C=O) groups is 2. The van der Waals surface area contributed by atoms with Crippen LogP contribution >= 0.6 is 11.3 Å². The molecule has 4 aromatic rings. The Morgan fingerprint density at radius 3 is 2.63 bits per heavy atom. The number of carbonyl (C=O) groups excluding carboxylic acids is 2. The number of amides is 2. The second-order valence-corrected chi connectivity index (χ2v) is 11.7. The third kappa shape index (κ3) is 6.05. The number of likely N-dealkylation sites (tertiary alicyclic amines) is 2. The summed E-state index contributed by atoms with van der Waals surface area (Å²) >= 11 is 1.88. The Hall–Kier alpha value is -3.30. The number of para-hydroxylation sites is 1. The maximum absolute atomic E-state index is 12.2. The molecule has 1 aromatic carbocycles. The fourth-order valence-corrected chi connectivity index (χ4v) is 6.34. The Kier molecular flexibility index (Phi) is 8.04. The Morgan fingerprint density at radius 1 is 1.08 bits per heavy atom. The molecule has 6 rings (SSSR count). The molecule has 1 N–H and O–H groups in total. The number of hydrogen-bond acceptors (Lipinski definition) is 6. The molecule has 3 aromatic heterocycles. The van der Waals surface area contributed by atoms with E-state index in [9.17, 15) is 9.59 Å². The summed E-state index contributed by atoms with van der Waals surface area (Å²) in [4.78, 5) is 37.4. The Morgan fingerprint density at radius 2 is 1.87 bits per heavy atom. The van der Waals surface area contributed by atoms with Crippen molar-refractivity contribution in [1.82, 2.24) is 24.2 Å². The standard InChI is InChI=1S/C16H20N4O2.C13H16N2S/c1-11-4-3-6-19(10-11)16(22)15(21)18-13-5-7-20-12(2)9-17-14(20)8-13;1-15-8-6-10(7-9-15)13-14-11-4-2-3-5-12(11)16-13/h5,7-9,11H,3-4,6,10H2,1-2H3,(H,18,21);2-5,10H,6-9H2,1H3. The molecule has 0 spiro atoms. The number of anilines is 1. The van der Waals surface area contributed by atoms with E-state index in [-0.39, 0.29) is 0 Å². The highest BCUT2D eigenvalue weighted by Gasteiger charge is 2.26. The van der Waals surface area contributed by atoms with E-state index < -0.39 is 11.8 Å². The van der Waals surface area contributed by atoms with Crippen molar-refractivity contribution in [2.45, 2.75) is 45.4 Å². The fourth-order valence-electron chi connectivity index (χ4n) is 5.21. The van der Waals surface area contributed by atoms with Crippen LogP contribution in [0.4, 0.5) is 5.69 Å². The second kappa shape index (κ2) is 11.6. The molecule has 0 bridgehead atoms. The molecular weight excluding hydrogens is 496 g/mol. The van der Waals surface area contributed by atoms with Crippen molar-refractivity contribution in [1.29, 1.82) is 0 Å². The van der Waals surface area contributed by atoms with Crippen molar-refractivity contribution >= 4 is 44.7 Å². The topological polar surface area (TPSA) is 82.8 Å². The fraction of sp³-hybridized carbons (Fsp3) is 0.448. The van der Waals surface area contributed by atoms with Gasteiger partial charge >= 0.3 is 11.8 Å². The number of nitrogens with one attached hydrogen (secondary N) is 1. The predicted octanol–water partition coefficient (Wildman–Crippen LogP) is 4.95. The Balaban J connectivity index is 0.000000162. The first-order valence-electron chi connectivity index (χ1n) is 13.5.